The Morgan fingerprint density at radius 1 is 1.22 bits per heavy atom. The van der Waals surface area contributed by atoms with E-state index in [2.05, 4.69) is 25.5 Å². The minimum absolute atomic E-state index is 0.0893. The van der Waals surface area contributed by atoms with Gasteiger partial charge in [-0.2, -0.15) is 0 Å². The fraction of sp³-hybridized carbons (Fsp3) is 0.500. The lowest BCUT2D eigenvalue weighted by Gasteiger charge is -2.19. The highest BCUT2D eigenvalue weighted by atomic mass is 32.2. The average Bonchev–Trinajstić information content (AvgIpc) is 2.34. The van der Waals surface area contributed by atoms with Gasteiger partial charge in [0.1, 0.15) is 0 Å². The molecule has 0 amide bonds. The summed E-state index contributed by atoms with van der Waals surface area (Å²) in [5, 5.41) is 0. The van der Waals surface area contributed by atoms with Crippen molar-refractivity contribution in [3.63, 3.8) is 0 Å². The van der Waals surface area contributed by atoms with Gasteiger partial charge in [-0.3, -0.25) is 9.00 Å². The molecule has 100 valence electrons. The van der Waals surface area contributed by atoms with Gasteiger partial charge in [0.05, 0.1) is 24.3 Å². The quantitative estimate of drug-likeness (QED) is 0.788. The molecule has 3 nitrogen and oxygen atoms in total. The van der Waals surface area contributed by atoms with Crippen LogP contribution < -0.4 is 0 Å². The molecule has 0 aliphatic carbocycles. The predicted molar refractivity (Wildman–Crippen MR) is 73.1 cm³/mol. The maximum atomic E-state index is 11.9. The van der Waals surface area contributed by atoms with Gasteiger partial charge in [0.25, 0.3) is 0 Å². The van der Waals surface area contributed by atoms with Crippen LogP contribution in [0.2, 0.25) is 0 Å². The van der Waals surface area contributed by atoms with Crippen molar-refractivity contribution in [2.75, 3.05) is 12.9 Å². The Hall–Kier alpha value is -1.16. The second kappa shape index (κ2) is 6.14. The molecular formula is C14H20O3S. The van der Waals surface area contributed by atoms with Crippen LogP contribution in [-0.2, 0) is 25.7 Å². The standard InChI is InChI=1S/C14H20O3S/c1-14(2,3)11-5-7-12(8-6-11)18(16)10-9-13(15)17-4/h5-8H,9-10H2,1-4H3. The van der Waals surface area contributed by atoms with E-state index in [4.69, 9.17) is 0 Å². The zero-order valence-electron chi connectivity index (χ0n) is 11.4. The number of benzene rings is 1. The first-order valence-corrected chi connectivity index (χ1v) is 7.22. The molecule has 18 heavy (non-hydrogen) atoms. The molecule has 0 heterocycles. The molecule has 0 aromatic heterocycles. The van der Waals surface area contributed by atoms with Crippen molar-refractivity contribution in [1.29, 1.82) is 0 Å². The summed E-state index contributed by atoms with van der Waals surface area (Å²) in [7, 11) is 0.195. The van der Waals surface area contributed by atoms with E-state index in [1.165, 1.54) is 12.7 Å². The molecule has 0 saturated heterocycles. The Morgan fingerprint density at radius 3 is 2.22 bits per heavy atom. The van der Waals surface area contributed by atoms with Gasteiger partial charge in [-0.25, -0.2) is 0 Å². The zero-order valence-corrected chi connectivity index (χ0v) is 12.2. The molecule has 0 radical (unpaired) electrons. The van der Waals surface area contributed by atoms with E-state index >= 15 is 0 Å². The summed E-state index contributed by atoms with van der Waals surface area (Å²) in [5.41, 5.74) is 1.29. The van der Waals surface area contributed by atoms with Crippen LogP contribution in [0.3, 0.4) is 0 Å². The molecule has 0 bridgehead atoms. The maximum absolute atomic E-state index is 11.9. The molecule has 0 saturated carbocycles. The molecule has 0 fully saturated rings. The van der Waals surface area contributed by atoms with Crippen LogP contribution in [0.15, 0.2) is 29.2 Å². The van der Waals surface area contributed by atoms with Crippen LogP contribution in [0.25, 0.3) is 0 Å². The van der Waals surface area contributed by atoms with Crippen LogP contribution >= 0.6 is 0 Å². The minimum atomic E-state index is -1.14. The van der Waals surface area contributed by atoms with Crippen molar-refractivity contribution >= 4 is 16.8 Å². The summed E-state index contributed by atoms with van der Waals surface area (Å²) in [6.07, 6.45) is 0.185. The zero-order chi connectivity index (χ0) is 13.8. The summed E-state index contributed by atoms with van der Waals surface area (Å²) >= 11 is 0. The van der Waals surface area contributed by atoms with Crippen molar-refractivity contribution in [1.82, 2.24) is 0 Å². The topological polar surface area (TPSA) is 43.4 Å². The Labute approximate surface area is 111 Å². The number of methoxy groups -OCH3 is 1. The molecule has 1 rings (SSSR count). The van der Waals surface area contributed by atoms with E-state index in [1.807, 2.05) is 24.3 Å². The van der Waals surface area contributed by atoms with Crippen molar-refractivity contribution in [3.8, 4) is 0 Å². The summed E-state index contributed by atoms with van der Waals surface area (Å²) in [4.78, 5) is 11.7. The van der Waals surface area contributed by atoms with Crippen LogP contribution in [0.4, 0.5) is 0 Å². The second-order valence-electron chi connectivity index (χ2n) is 5.15. The van der Waals surface area contributed by atoms with Crippen molar-refractivity contribution in [2.24, 2.45) is 0 Å². The van der Waals surface area contributed by atoms with Gasteiger partial charge in [0.15, 0.2) is 0 Å². The van der Waals surface area contributed by atoms with E-state index in [0.717, 1.165) is 4.90 Å². The molecule has 0 spiro atoms. The smallest absolute Gasteiger partial charge is 0.306 e. The third-order valence-corrected chi connectivity index (χ3v) is 4.08. The van der Waals surface area contributed by atoms with Gasteiger partial charge >= 0.3 is 5.97 Å². The Balaban J connectivity index is 2.68. The molecule has 4 heteroatoms. The van der Waals surface area contributed by atoms with Gasteiger partial charge in [-0.05, 0) is 23.1 Å². The number of ether oxygens (including phenoxy) is 1. The maximum Gasteiger partial charge on any atom is 0.306 e. The summed E-state index contributed by atoms with van der Waals surface area (Å²) < 4.78 is 16.5. The molecule has 1 aromatic rings. The van der Waals surface area contributed by atoms with Crippen molar-refractivity contribution in [2.45, 2.75) is 37.5 Å². The lowest BCUT2D eigenvalue weighted by molar-refractivity contribution is -0.140. The number of rotatable bonds is 4. The Kier molecular flexibility index (Phi) is 5.08. The van der Waals surface area contributed by atoms with Crippen LogP contribution in [0.5, 0.6) is 0 Å². The normalized spacial score (nSPS) is 13.1. The third kappa shape index (κ3) is 4.26. The highest BCUT2D eigenvalue weighted by molar-refractivity contribution is 7.85. The largest absolute Gasteiger partial charge is 0.469 e. The van der Waals surface area contributed by atoms with E-state index in [1.54, 1.807) is 0 Å². The predicted octanol–water partition coefficient (Wildman–Crippen LogP) is 2.65. The van der Waals surface area contributed by atoms with Crippen LogP contribution in [-0.4, -0.2) is 23.0 Å². The molecule has 0 aliphatic heterocycles. The molecular weight excluding hydrogens is 248 g/mol. The van der Waals surface area contributed by atoms with E-state index in [-0.39, 0.29) is 17.8 Å². The van der Waals surface area contributed by atoms with E-state index in [0.29, 0.717) is 5.75 Å². The van der Waals surface area contributed by atoms with Crippen molar-refractivity contribution in [3.05, 3.63) is 29.8 Å². The first kappa shape index (κ1) is 14.9. The number of hydrogen-bond donors (Lipinski definition) is 0. The first-order chi connectivity index (χ1) is 8.34. The molecule has 1 unspecified atom stereocenters. The average molecular weight is 268 g/mol. The number of hydrogen-bond acceptors (Lipinski definition) is 3. The number of carbonyl (C=O) groups excluding carboxylic acids is 1. The first-order valence-electron chi connectivity index (χ1n) is 5.90. The molecule has 0 N–H and O–H groups in total. The van der Waals surface area contributed by atoms with Gasteiger partial charge in [0, 0.05) is 10.6 Å². The van der Waals surface area contributed by atoms with E-state index < -0.39 is 10.8 Å². The summed E-state index contributed by atoms with van der Waals surface area (Å²) in [6.45, 7) is 6.41. The van der Waals surface area contributed by atoms with Crippen molar-refractivity contribution < 1.29 is 13.7 Å². The fourth-order valence-electron chi connectivity index (χ4n) is 1.50. The van der Waals surface area contributed by atoms with Gasteiger partial charge in [-0.1, -0.05) is 32.9 Å². The van der Waals surface area contributed by atoms with Crippen LogP contribution in [0.1, 0.15) is 32.8 Å². The van der Waals surface area contributed by atoms with E-state index in [9.17, 15) is 9.00 Å². The Bertz CT molecular complexity index is 429. The highest BCUT2D eigenvalue weighted by Crippen LogP contribution is 2.23. The second-order valence-corrected chi connectivity index (χ2v) is 6.72. The number of esters is 1. The lowest BCUT2D eigenvalue weighted by Crippen LogP contribution is -2.11. The van der Waals surface area contributed by atoms with Gasteiger partial charge in [-0.15, -0.1) is 0 Å². The highest BCUT2D eigenvalue weighted by Gasteiger charge is 2.14. The molecule has 1 atom stereocenters. The minimum Gasteiger partial charge on any atom is -0.469 e. The molecule has 0 aliphatic rings. The SMILES string of the molecule is COC(=O)CCS(=O)c1ccc(C(C)(C)C)cc1. The molecule has 1 aromatic carbocycles. The Morgan fingerprint density at radius 2 is 1.78 bits per heavy atom. The third-order valence-electron chi connectivity index (χ3n) is 2.70. The lowest BCUT2D eigenvalue weighted by atomic mass is 9.87. The summed E-state index contributed by atoms with van der Waals surface area (Å²) in [6, 6.07) is 7.72. The summed E-state index contributed by atoms with van der Waals surface area (Å²) in [5.74, 6) is -0.0173. The van der Waals surface area contributed by atoms with Gasteiger partial charge in [0.2, 0.25) is 0 Å². The number of carbonyl (C=O) groups is 1. The van der Waals surface area contributed by atoms with Gasteiger partial charge < -0.3 is 4.74 Å². The monoisotopic (exact) mass is 268 g/mol. The fourth-order valence-corrected chi connectivity index (χ4v) is 2.53. The van der Waals surface area contributed by atoms with Crippen LogP contribution in [0, 0.1) is 0 Å².